The van der Waals surface area contributed by atoms with Gasteiger partial charge in [-0.2, -0.15) is 0 Å². The highest BCUT2D eigenvalue weighted by molar-refractivity contribution is 8.25. The molecule has 2 amide bonds. The van der Waals surface area contributed by atoms with E-state index in [2.05, 4.69) is 5.32 Å². The van der Waals surface area contributed by atoms with Gasteiger partial charge in [-0.1, -0.05) is 48.2 Å². The second kappa shape index (κ2) is 9.19. The van der Waals surface area contributed by atoms with Crippen molar-refractivity contribution in [3.8, 4) is 0 Å². The van der Waals surface area contributed by atoms with E-state index < -0.39 is 11.2 Å². The van der Waals surface area contributed by atoms with Crippen LogP contribution in [-0.2, 0) is 14.3 Å². The normalized spacial score (nSPS) is 16.1. The lowest BCUT2D eigenvalue weighted by atomic mass is 10.1. The summed E-state index contributed by atoms with van der Waals surface area (Å²) in [5.41, 5.74) is 2.33. The van der Waals surface area contributed by atoms with Crippen molar-refractivity contribution in [3.63, 3.8) is 0 Å². The zero-order chi connectivity index (χ0) is 21.0. The van der Waals surface area contributed by atoms with Crippen LogP contribution in [0.4, 0.5) is 11.4 Å². The Morgan fingerprint density at radius 1 is 1.21 bits per heavy atom. The number of aryl methyl sites for hydroxylation is 1. The molecule has 1 aliphatic heterocycles. The van der Waals surface area contributed by atoms with Crippen LogP contribution in [0.15, 0.2) is 48.5 Å². The maximum absolute atomic E-state index is 12.8. The van der Waals surface area contributed by atoms with E-state index in [1.54, 1.807) is 31.2 Å². The van der Waals surface area contributed by atoms with Crippen molar-refractivity contribution in [2.45, 2.75) is 25.5 Å². The SMILES string of the molecule is CCOC(=O)c1ccccc1NC(=O)CC1SC(=S)N(c2cccc(C)c2)C1=O. The number of esters is 1. The molecule has 1 fully saturated rings. The molecule has 2 aromatic carbocycles. The van der Waals surface area contributed by atoms with Crippen LogP contribution in [-0.4, -0.2) is 34.0 Å². The van der Waals surface area contributed by atoms with Gasteiger partial charge >= 0.3 is 5.97 Å². The molecule has 8 heteroatoms. The number of carbonyl (C=O) groups excluding carboxylic acids is 3. The highest BCUT2D eigenvalue weighted by Crippen LogP contribution is 2.34. The molecular weight excluding hydrogens is 408 g/mol. The largest absolute Gasteiger partial charge is 0.462 e. The quantitative estimate of drug-likeness (QED) is 0.555. The molecule has 2 aromatic rings. The van der Waals surface area contributed by atoms with Crippen LogP contribution < -0.4 is 10.2 Å². The van der Waals surface area contributed by atoms with Gasteiger partial charge in [0.15, 0.2) is 0 Å². The lowest BCUT2D eigenvalue weighted by molar-refractivity contribution is -0.121. The van der Waals surface area contributed by atoms with Crippen molar-refractivity contribution in [3.05, 3.63) is 59.7 Å². The van der Waals surface area contributed by atoms with Crippen LogP contribution in [0.2, 0.25) is 0 Å². The molecule has 1 saturated heterocycles. The summed E-state index contributed by atoms with van der Waals surface area (Å²) in [6, 6.07) is 14.1. The monoisotopic (exact) mass is 428 g/mol. The minimum absolute atomic E-state index is 0.0525. The molecule has 0 radical (unpaired) electrons. The van der Waals surface area contributed by atoms with Crippen LogP contribution in [0.5, 0.6) is 0 Å². The lowest BCUT2D eigenvalue weighted by Gasteiger charge is -2.16. The molecule has 6 nitrogen and oxygen atoms in total. The predicted molar refractivity (Wildman–Crippen MR) is 118 cm³/mol. The smallest absolute Gasteiger partial charge is 0.340 e. The van der Waals surface area contributed by atoms with Crippen LogP contribution in [0.1, 0.15) is 29.3 Å². The number of thioether (sulfide) groups is 1. The van der Waals surface area contributed by atoms with Crippen molar-refractivity contribution in [2.24, 2.45) is 0 Å². The standard InChI is InChI=1S/C21H20N2O4S2/c1-3-27-20(26)15-9-4-5-10-16(15)22-18(24)12-17-19(25)23(21(28)29-17)14-8-6-7-13(2)11-14/h4-11,17H,3,12H2,1-2H3,(H,22,24). The zero-order valence-electron chi connectivity index (χ0n) is 16.0. The van der Waals surface area contributed by atoms with Gasteiger partial charge in [-0.3, -0.25) is 14.5 Å². The van der Waals surface area contributed by atoms with Gasteiger partial charge in [0.2, 0.25) is 11.8 Å². The molecular formula is C21H20N2O4S2. The van der Waals surface area contributed by atoms with Crippen molar-refractivity contribution in [2.75, 3.05) is 16.8 Å². The second-order valence-electron chi connectivity index (χ2n) is 6.40. The number of hydrogen-bond donors (Lipinski definition) is 1. The zero-order valence-corrected chi connectivity index (χ0v) is 17.6. The number of anilines is 2. The van der Waals surface area contributed by atoms with E-state index in [9.17, 15) is 14.4 Å². The van der Waals surface area contributed by atoms with Gasteiger partial charge in [-0.25, -0.2) is 4.79 Å². The highest BCUT2D eigenvalue weighted by Gasteiger charge is 2.39. The van der Waals surface area contributed by atoms with Gasteiger partial charge < -0.3 is 10.1 Å². The van der Waals surface area contributed by atoms with Gasteiger partial charge in [0.1, 0.15) is 9.57 Å². The maximum Gasteiger partial charge on any atom is 0.340 e. The summed E-state index contributed by atoms with van der Waals surface area (Å²) in [5.74, 6) is -1.11. The number of benzene rings is 2. The number of carbonyl (C=O) groups is 3. The summed E-state index contributed by atoms with van der Waals surface area (Å²) in [7, 11) is 0. The van der Waals surface area contributed by atoms with Gasteiger partial charge in [-0.05, 0) is 43.7 Å². The Balaban J connectivity index is 1.70. The predicted octanol–water partition coefficient (Wildman–Crippen LogP) is 3.93. The third-order valence-corrected chi connectivity index (χ3v) is 5.76. The number of ether oxygens (including phenoxy) is 1. The Morgan fingerprint density at radius 2 is 1.97 bits per heavy atom. The molecule has 1 atom stereocenters. The average molecular weight is 429 g/mol. The molecule has 0 bridgehead atoms. The second-order valence-corrected chi connectivity index (χ2v) is 8.24. The van der Waals surface area contributed by atoms with E-state index in [1.807, 2.05) is 31.2 Å². The highest BCUT2D eigenvalue weighted by atomic mass is 32.2. The molecule has 1 N–H and O–H groups in total. The summed E-state index contributed by atoms with van der Waals surface area (Å²) in [6.07, 6.45) is -0.0525. The Morgan fingerprint density at radius 3 is 2.69 bits per heavy atom. The van der Waals surface area contributed by atoms with Crippen LogP contribution in [0.3, 0.4) is 0 Å². The number of para-hydroxylation sites is 1. The fourth-order valence-electron chi connectivity index (χ4n) is 2.94. The first-order chi connectivity index (χ1) is 13.9. The van der Waals surface area contributed by atoms with Gasteiger partial charge in [0.25, 0.3) is 0 Å². The minimum Gasteiger partial charge on any atom is -0.462 e. The number of nitrogens with zero attached hydrogens (tertiary/aromatic N) is 1. The van der Waals surface area contributed by atoms with E-state index in [1.165, 1.54) is 16.7 Å². The van der Waals surface area contributed by atoms with E-state index in [4.69, 9.17) is 17.0 Å². The first kappa shape index (κ1) is 21.0. The van der Waals surface area contributed by atoms with Gasteiger partial charge in [0, 0.05) is 6.42 Å². The Hall–Kier alpha value is -2.71. The third kappa shape index (κ3) is 4.83. The summed E-state index contributed by atoms with van der Waals surface area (Å²) < 4.78 is 5.44. The first-order valence-corrected chi connectivity index (χ1v) is 10.4. The Bertz CT molecular complexity index is 977. The summed E-state index contributed by atoms with van der Waals surface area (Å²) >= 11 is 6.56. The lowest BCUT2D eigenvalue weighted by Crippen LogP contribution is -2.33. The van der Waals surface area contributed by atoms with Crippen LogP contribution in [0, 0.1) is 6.92 Å². The van der Waals surface area contributed by atoms with E-state index >= 15 is 0 Å². The molecule has 1 heterocycles. The third-order valence-electron chi connectivity index (χ3n) is 4.25. The molecule has 1 unspecified atom stereocenters. The van der Waals surface area contributed by atoms with Gasteiger partial charge in [0.05, 0.1) is 23.5 Å². The van der Waals surface area contributed by atoms with Crippen molar-refractivity contribution in [1.82, 2.24) is 0 Å². The molecule has 1 aliphatic rings. The molecule has 0 saturated carbocycles. The molecule has 29 heavy (non-hydrogen) atoms. The molecule has 150 valence electrons. The number of amides is 2. The maximum atomic E-state index is 12.8. The molecule has 0 aliphatic carbocycles. The molecule has 0 spiro atoms. The fraction of sp³-hybridized carbons (Fsp3) is 0.238. The topological polar surface area (TPSA) is 75.7 Å². The Kier molecular flexibility index (Phi) is 6.66. The number of hydrogen-bond acceptors (Lipinski definition) is 6. The number of thiocarbonyl (C=S) groups is 1. The molecule has 0 aromatic heterocycles. The average Bonchev–Trinajstić information content (AvgIpc) is 2.95. The van der Waals surface area contributed by atoms with Crippen LogP contribution in [0.25, 0.3) is 0 Å². The minimum atomic E-state index is -0.613. The van der Waals surface area contributed by atoms with Crippen molar-refractivity contribution in [1.29, 1.82) is 0 Å². The van der Waals surface area contributed by atoms with Gasteiger partial charge in [-0.15, -0.1) is 0 Å². The van der Waals surface area contributed by atoms with E-state index in [-0.39, 0.29) is 30.4 Å². The van der Waals surface area contributed by atoms with Crippen LogP contribution >= 0.6 is 24.0 Å². The van der Waals surface area contributed by atoms with Crippen molar-refractivity contribution < 1.29 is 19.1 Å². The number of nitrogens with one attached hydrogen (secondary N) is 1. The summed E-state index contributed by atoms with van der Waals surface area (Å²) in [5, 5.41) is 2.10. The first-order valence-electron chi connectivity index (χ1n) is 9.08. The van der Waals surface area contributed by atoms with Crippen molar-refractivity contribution >= 4 is 57.5 Å². The van der Waals surface area contributed by atoms with E-state index in [0.717, 1.165) is 5.56 Å². The fourth-order valence-corrected chi connectivity index (χ4v) is 4.47. The summed E-state index contributed by atoms with van der Waals surface area (Å²) in [6.45, 7) is 3.89. The molecule has 3 rings (SSSR count). The Labute approximate surface area is 178 Å². The van der Waals surface area contributed by atoms with E-state index in [0.29, 0.717) is 15.7 Å². The summed E-state index contributed by atoms with van der Waals surface area (Å²) in [4.78, 5) is 38.9. The number of rotatable bonds is 6.